The third-order valence-corrected chi connectivity index (χ3v) is 3.11. The average Bonchev–Trinajstić information content (AvgIpc) is 2.69. The van der Waals surface area contributed by atoms with Gasteiger partial charge in [0.1, 0.15) is 0 Å². The molecule has 0 saturated carbocycles. The first-order valence-electron chi connectivity index (χ1n) is 4.31. The first-order valence-corrected chi connectivity index (χ1v) is 5.13. The number of hydrogen-bond donors (Lipinski definition) is 0. The van der Waals surface area contributed by atoms with Crippen molar-refractivity contribution < 1.29 is 14.3 Å². The zero-order chi connectivity index (χ0) is 10.8. The van der Waals surface area contributed by atoms with Crippen molar-refractivity contribution in [3.05, 3.63) is 34.7 Å². The third kappa shape index (κ3) is 1.76. The molecule has 0 spiro atoms. The van der Waals surface area contributed by atoms with Gasteiger partial charge in [0, 0.05) is 4.70 Å². The molecule has 0 unspecified atom stereocenters. The summed E-state index contributed by atoms with van der Waals surface area (Å²) in [7, 11) is 1.34. The maximum Gasteiger partial charge on any atom is 0.337 e. The highest BCUT2D eigenvalue weighted by Crippen LogP contribution is 2.25. The van der Waals surface area contributed by atoms with Crippen LogP contribution in [0.1, 0.15) is 20.0 Å². The Morgan fingerprint density at radius 1 is 1.40 bits per heavy atom. The number of carbonyl (C=O) groups is 2. The van der Waals surface area contributed by atoms with Crippen molar-refractivity contribution in [2.24, 2.45) is 0 Å². The first kappa shape index (κ1) is 9.86. The summed E-state index contributed by atoms with van der Waals surface area (Å²) in [6, 6.07) is 7.00. The molecule has 1 aromatic carbocycles. The van der Waals surface area contributed by atoms with Gasteiger partial charge in [0.15, 0.2) is 6.29 Å². The summed E-state index contributed by atoms with van der Waals surface area (Å²) in [6.45, 7) is 0. The van der Waals surface area contributed by atoms with Crippen LogP contribution in [0.25, 0.3) is 10.1 Å². The first-order chi connectivity index (χ1) is 7.24. The fourth-order valence-electron chi connectivity index (χ4n) is 1.37. The number of carbonyl (C=O) groups excluding carboxylic acids is 2. The second kappa shape index (κ2) is 3.82. The third-order valence-electron chi connectivity index (χ3n) is 2.07. The molecule has 0 aliphatic heterocycles. The van der Waals surface area contributed by atoms with Gasteiger partial charge in [0.05, 0.1) is 17.6 Å². The Balaban J connectivity index is 2.55. The van der Waals surface area contributed by atoms with Crippen molar-refractivity contribution in [2.45, 2.75) is 0 Å². The van der Waals surface area contributed by atoms with Crippen LogP contribution < -0.4 is 0 Å². The van der Waals surface area contributed by atoms with Gasteiger partial charge in [-0.1, -0.05) is 0 Å². The van der Waals surface area contributed by atoms with E-state index in [0.717, 1.165) is 16.4 Å². The lowest BCUT2D eigenvalue weighted by Crippen LogP contribution is -1.99. The van der Waals surface area contributed by atoms with Crippen molar-refractivity contribution >= 4 is 33.7 Å². The fraction of sp³-hybridized carbons (Fsp3) is 0.0909. The molecule has 15 heavy (non-hydrogen) atoms. The predicted molar refractivity (Wildman–Crippen MR) is 58.6 cm³/mol. The molecule has 0 aliphatic rings. The van der Waals surface area contributed by atoms with Crippen molar-refractivity contribution in [2.75, 3.05) is 7.11 Å². The van der Waals surface area contributed by atoms with E-state index in [1.165, 1.54) is 18.4 Å². The van der Waals surface area contributed by atoms with Gasteiger partial charge >= 0.3 is 5.97 Å². The number of aldehydes is 1. The summed E-state index contributed by atoms with van der Waals surface area (Å²) in [6.07, 6.45) is 0.808. The van der Waals surface area contributed by atoms with Gasteiger partial charge in [-0.3, -0.25) is 4.79 Å². The summed E-state index contributed by atoms with van der Waals surface area (Å²) >= 11 is 1.41. The molecule has 0 radical (unpaired) electrons. The van der Waals surface area contributed by atoms with Gasteiger partial charge in [0.25, 0.3) is 0 Å². The molecule has 3 nitrogen and oxygen atoms in total. The number of fused-ring (bicyclic) bond motifs is 1. The Hall–Kier alpha value is -1.68. The number of esters is 1. The molecule has 1 heterocycles. The number of hydrogen-bond acceptors (Lipinski definition) is 4. The zero-order valence-electron chi connectivity index (χ0n) is 8.02. The molecule has 1 aromatic heterocycles. The lowest BCUT2D eigenvalue weighted by molar-refractivity contribution is 0.0601. The summed E-state index contributed by atoms with van der Waals surface area (Å²) in [4.78, 5) is 22.5. The van der Waals surface area contributed by atoms with Crippen LogP contribution in [0.2, 0.25) is 0 Å². The number of rotatable bonds is 2. The highest BCUT2D eigenvalue weighted by molar-refractivity contribution is 7.20. The molecule has 0 atom stereocenters. The zero-order valence-corrected chi connectivity index (χ0v) is 8.84. The van der Waals surface area contributed by atoms with Gasteiger partial charge in [0.2, 0.25) is 0 Å². The van der Waals surface area contributed by atoms with Crippen LogP contribution in [-0.2, 0) is 4.74 Å². The minimum Gasteiger partial charge on any atom is -0.465 e. The summed E-state index contributed by atoms with van der Waals surface area (Å²) in [5.41, 5.74) is 0.500. The van der Waals surface area contributed by atoms with Crippen molar-refractivity contribution in [3.8, 4) is 0 Å². The van der Waals surface area contributed by atoms with Gasteiger partial charge < -0.3 is 4.74 Å². The van der Waals surface area contributed by atoms with Crippen LogP contribution in [0.15, 0.2) is 24.3 Å². The standard InChI is InChI=1S/C11H8O3S/c1-14-11(13)7-2-3-10-8(4-7)5-9(6-12)15-10/h2-6H,1H3. The lowest BCUT2D eigenvalue weighted by Gasteiger charge is -1.97. The van der Waals surface area contributed by atoms with E-state index in [4.69, 9.17) is 0 Å². The van der Waals surface area contributed by atoms with Crippen LogP contribution in [-0.4, -0.2) is 19.4 Å². The van der Waals surface area contributed by atoms with E-state index in [1.54, 1.807) is 18.2 Å². The molecular formula is C11H8O3S. The molecule has 76 valence electrons. The van der Waals surface area contributed by atoms with Crippen LogP contribution >= 0.6 is 11.3 Å². The van der Waals surface area contributed by atoms with Crippen LogP contribution in [0.4, 0.5) is 0 Å². The van der Waals surface area contributed by atoms with Gasteiger partial charge in [-0.15, -0.1) is 11.3 Å². The number of methoxy groups -OCH3 is 1. The molecule has 0 amide bonds. The minimum atomic E-state index is -0.365. The van der Waals surface area contributed by atoms with E-state index in [0.29, 0.717) is 10.4 Å². The molecule has 0 bridgehead atoms. The monoisotopic (exact) mass is 220 g/mol. The molecule has 0 aliphatic carbocycles. The average molecular weight is 220 g/mol. The van der Waals surface area contributed by atoms with Gasteiger partial charge in [-0.25, -0.2) is 4.79 Å². The maximum absolute atomic E-state index is 11.2. The normalized spacial score (nSPS) is 10.2. The topological polar surface area (TPSA) is 43.4 Å². The Morgan fingerprint density at radius 2 is 2.20 bits per heavy atom. The summed E-state index contributed by atoms with van der Waals surface area (Å²) in [5, 5.41) is 0.894. The smallest absolute Gasteiger partial charge is 0.337 e. The highest BCUT2D eigenvalue weighted by Gasteiger charge is 2.07. The quantitative estimate of drug-likeness (QED) is 0.577. The highest BCUT2D eigenvalue weighted by atomic mass is 32.1. The number of benzene rings is 1. The van der Waals surface area contributed by atoms with Gasteiger partial charge in [-0.2, -0.15) is 0 Å². The van der Waals surface area contributed by atoms with Crippen molar-refractivity contribution in [3.63, 3.8) is 0 Å². The Bertz CT molecular complexity index is 528. The maximum atomic E-state index is 11.2. The van der Waals surface area contributed by atoms with Crippen LogP contribution in [0.3, 0.4) is 0 Å². The van der Waals surface area contributed by atoms with Crippen molar-refractivity contribution in [1.29, 1.82) is 0 Å². The molecule has 0 saturated heterocycles. The fourth-order valence-corrected chi connectivity index (χ4v) is 2.23. The van der Waals surface area contributed by atoms with E-state index >= 15 is 0 Å². The van der Waals surface area contributed by atoms with E-state index in [2.05, 4.69) is 4.74 Å². The molecule has 0 fully saturated rings. The van der Waals surface area contributed by atoms with Crippen molar-refractivity contribution in [1.82, 2.24) is 0 Å². The SMILES string of the molecule is COC(=O)c1ccc2sc(C=O)cc2c1. The van der Waals surface area contributed by atoms with Gasteiger partial charge in [-0.05, 0) is 29.7 Å². The Labute approximate surface area is 90.3 Å². The number of thiophene rings is 1. The Kier molecular flexibility index (Phi) is 2.51. The number of ether oxygens (including phenoxy) is 1. The van der Waals surface area contributed by atoms with E-state index in [1.807, 2.05) is 6.07 Å². The molecule has 2 aromatic rings. The second-order valence-electron chi connectivity index (χ2n) is 3.01. The second-order valence-corrected chi connectivity index (χ2v) is 4.13. The largest absolute Gasteiger partial charge is 0.465 e. The molecular weight excluding hydrogens is 212 g/mol. The van der Waals surface area contributed by atoms with E-state index < -0.39 is 0 Å². The summed E-state index contributed by atoms with van der Waals surface area (Å²) in [5.74, 6) is -0.365. The summed E-state index contributed by atoms with van der Waals surface area (Å²) < 4.78 is 5.60. The molecule has 4 heteroatoms. The Morgan fingerprint density at radius 3 is 2.87 bits per heavy atom. The molecule has 2 rings (SSSR count). The van der Waals surface area contributed by atoms with E-state index in [-0.39, 0.29) is 5.97 Å². The predicted octanol–water partition coefficient (Wildman–Crippen LogP) is 2.50. The van der Waals surface area contributed by atoms with Crippen LogP contribution in [0.5, 0.6) is 0 Å². The van der Waals surface area contributed by atoms with E-state index in [9.17, 15) is 9.59 Å². The lowest BCUT2D eigenvalue weighted by atomic mass is 10.1. The van der Waals surface area contributed by atoms with Crippen LogP contribution in [0, 0.1) is 0 Å². The molecule has 0 N–H and O–H groups in total. The minimum absolute atomic E-state index is 0.365.